The lowest BCUT2D eigenvalue weighted by atomic mass is 10.0. The van der Waals surface area contributed by atoms with Crippen LogP contribution in [0.3, 0.4) is 0 Å². The molecule has 0 unspecified atom stereocenters. The predicted molar refractivity (Wildman–Crippen MR) is 78.2 cm³/mol. The summed E-state index contributed by atoms with van der Waals surface area (Å²) < 4.78 is 38.3. The summed E-state index contributed by atoms with van der Waals surface area (Å²) in [5.74, 6) is 0. The number of alkyl halides is 3. The Bertz CT molecular complexity index is 627. The number of fused-ring (bicyclic) bond motifs is 1. The van der Waals surface area contributed by atoms with Crippen molar-refractivity contribution in [2.45, 2.75) is 38.9 Å². The fourth-order valence-corrected chi connectivity index (χ4v) is 2.14. The number of para-hydroxylation sites is 1. The Labute approximate surface area is 122 Å². The highest BCUT2D eigenvalue weighted by Gasteiger charge is 2.32. The molecule has 0 aliphatic carbocycles. The molecule has 114 valence electrons. The van der Waals surface area contributed by atoms with Crippen molar-refractivity contribution >= 4 is 10.9 Å². The van der Waals surface area contributed by atoms with Crippen molar-refractivity contribution in [2.75, 3.05) is 6.54 Å². The van der Waals surface area contributed by atoms with Gasteiger partial charge in [0.05, 0.1) is 5.52 Å². The number of benzene rings is 1. The Kier molecular flexibility index (Phi) is 4.23. The zero-order valence-electron chi connectivity index (χ0n) is 12.4. The molecule has 21 heavy (non-hydrogen) atoms. The minimum Gasteiger partial charge on any atom is -0.312 e. The van der Waals surface area contributed by atoms with Crippen LogP contribution >= 0.6 is 0 Å². The molecule has 0 amide bonds. The molecule has 0 aliphatic rings. The molecule has 0 saturated carbocycles. The Hall–Kier alpha value is -1.62. The summed E-state index contributed by atoms with van der Waals surface area (Å²) in [7, 11) is 0. The van der Waals surface area contributed by atoms with E-state index in [0.717, 1.165) is 17.0 Å². The number of halogens is 3. The summed E-state index contributed by atoms with van der Waals surface area (Å²) >= 11 is 0. The van der Waals surface area contributed by atoms with Crippen molar-refractivity contribution in [1.82, 2.24) is 10.3 Å². The maximum Gasteiger partial charge on any atom is 0.433 e. The van der Waals surface area contributed by atoms with Gasteiger partial charge in [-0.3, -0.25) is 0 Å². The number of pyridine rings is 1. The molecule has 0 saturated heterocycles. The first-order chi connectivity index (χ1) is 9.67. The van der Waals surface area contributed by atoms with Crippen LogP contribution < -0.4 is 5.32 Å². The van der Waals surface area contributed by atoms with Crippen LogP contribution in [-0.4, -0.2) is 17.1 Å². The number of hydrogen-bond acceptors (Lipinski definition) is 2. The molecule has 1 heterocycles. The van der Waals surface area contributed by atoms with Crippen LogP contribution in [0.1, 0.15) is 32.0 Å². The van der Waals surface area contributed by atoms with Gasteiger partial charge in [0.15, 0.2) is 0 Å². The van der Waals surface area contributed by atoms with Crippen LogP contribution in [0.2, 0.25) is 0 Å². The van der Waals surface area contributed by atoms with Gasteiger partial charge in [-0.25, -0.2) is 4.98 Å². The van der Waals surface area contributed by atoms with Crippen LogP contribution in [-0.2, 0) is 12.6 Å². The standard InChI is InChI=1S/C16H19F3N2/c1-15(2,3)20-10-9-12-6-4-5-11-7-8-13(16(17,18)19)21-14(11)12/h4-8,20H,9-10H2,1-3H3. The molecule has 5 heteroatoms. The topological polar surface area (TPSA) is 24.9 Å². The minimum atomic E-state index is -4.41. The highest BCUT2D eigenvalue weighted by Crippen LogP contribution is 2.29. The Morgan fingerprint density at radius 3 is 2.38 bits per heavy atom. The molecule has 0 atom stereocenters. The molecule has 2 rings (SSSR count). The van der Waals surface area contributed by atoms with E-state index in [1.165, 1.54) is 6.07 Å². The lowest BCUT2D eigenvalue weighted by molar-refractivity contribution is -0.140. The smallest absolute Gasteiger partial charge is 0.312 e. The summed E-state index contributed by atoms with van der Waals surface area (Å²) in [4.78, 5) is 3.81. The van der Waals surface area contributed by atoms with E-state index in [2.05, 4.69) is 31.1 Å². The lowest BCUT2D eigenvalue weighted by Crippen LogP contribution is -2.37. The number of aromatic nitrogens is 1. The maximum absolute atomic E-state index is 12.8. The quantitative estimate of drug-likeness (QED) is 0.919. The lowest BCUT2D eigenvalue weighted by Gasteiger charge is -2.20. The van der Waals surface area contributed by atoms with Gasteiger partial charge in [-0.15, -0.1) is 0 Å². The van der Waals surface area contributed by atoms with Gasteiger partial charge in [0.2, 0.25) is 0 Å². The van der Waals surface area contributed by atoms with Crippen molar-refractivity contribution in [1.29, 1.82) is 0 Å². The summed E-state index contributed by atoms with van der Waals surface area (Å²) in [6, 6.07) is 7.97. The van der Waals surface area contributed by atoms with E-state index in [0.29, 0.717) is 18.5 Å². The minimum absolute atomic E-state index is 0.0187. The van der Waals surface area contributed by atoms with Gasteiger partial charge >= 0.3 is 6.18 Å². The van der Waals surface area contributed by atoms with Gasteiger partial charge in [0, 0.05) is 10.9 Å². The van der Waals surface area contributed by atoms with Crippen LogP contribution in [0.25, 0.3) is 10.9 Å². The zero-order chi connectivity index (χ0) is 15.7. The Morgan fingerprint density at radius 1 is 1.05 bits per heavy atom. The van der Waals surface area contributed by atoms with E-state index in [1.54, 1.807) is 6.07 Å². The molecule has 1 aromatic carbocycles. The van der Waals surface area contributed by atoms with Crippen LogP contribution in [0.4, 0.5) is 13.2 Å². The summed E-state index contributed by atoms with van der Waals surface area (Å²) in [6.07, 6.45) is -3.77. The molecule has 0 fully saturated rings. The van der Waals surface area contributed by atoms with Gasteiger partial charge in [-0.1, -0.05) is 24.3 Å². The molecular weight excluding hydrogens is 277 g/mol. The fourth-order valence-electron chi connectivity index (χ4n) is 2.14. The predicted octanol–water partition coefficient (Wildman–Crippen LogP) is 4.18. The summed E-state index contributed by atoms with van der Waals surface area (Å²) in [5.41, 5.74) is 0.402. The van der Waals surface area contributed by atoms with Crippen molar-refractivity contribution in [2.24, 2.45) is 0 Å². The number of rotatable bonds is 3. The SMILES string of the molecule is CC(C)(C)NCCc1cccc2ccc(C(F)(F)F)nc12. The normalized spacial score (nSPS) is 12.9. The van der Waals surface area contributed by atoms with E-state index < -0.39 is 11.9 Å². The van der Waals surface area contributed by atoms with Crippen molar-refractivity contribution in [3.05, 3.63) is 41.6 Å². The number of hydrogen-bond donors (Lipinski definition) is 1. The molecule has 1 N–H and O–H groups in total. The van der Waals surface area contributed by atoms with E-state index >= 15 is 0 Å². The third-order valence-electron chi connectivity index (χ3n) is 3.14. The van der Waals surface area contributed by atoms with Gasteiger partial charge in [0.25, 0.3) is 0 Å². The Balaban J connectivity index is 2.30. The largest absolute Gasteiger partial charge is 0.433 e. The van der Waals surface area contributed by atoms with Gasteiger partial charge in [-0.2, -0.15) is 13.2 Å². The Morgan fingerprint density at radius 2 is 1.76 bits per heavy atom. The van der Waals surface area contributed by atoms with E-state index in [1.807, 2.05) is 12.1 Å². The molecule has 2 nitrogen and oxygen atoms in total. The second-order valence-corrected chi connectivity index (χ2v) is 6.11. The van der Waals surface area contributed by atoms with Crippen LogP contribution in [0, 0.1) is 0 Å². The van der Waals surface area contributed by atoms with E-state index in [4.69, 9.17) is 0 Å². The van der Waals surface area contributed by atoms with Crippen molar-refractivity contribution in [3.8, 4) is 0 Å². The average molecular weight is 296 g/mol. The molecule has 0 aliphatic heterocycles. The third-order valence-corrected chi connectivity index (χ3v) is 3.14. The van der Waals surface area contributed by atoms with Gasteiger partial charge in [0.1, 0.15) is 5.69 Å². The zero-order valence-corrected chi connectivity index (χ0v) is 12.4. The first kappa shape index (κ1) is 15.8. The molecular formula is C16H19F3N2. The van der Waals surface area contributed by atoms with Crippen molar-refractivity contribution in [3.63, 3.8) is 0 Å². The van der Waals surface area contributed by atoms with Gasteiger partial charge in [-0.05, 0) is 45.4 Å². The van der Waals surface area contributed by atoms with Crippen LogP contribution in [0.5, 0.6) is 0 Å². The van der Waals surface area contributed by atoms with Crippen LogP contribution in [0.15, 0.2) is 30.3 Å². The van der Waals surface area contributed by atoms with Crippen molar-refractivity contribution < 1.29 is 13.2 Å². The second-order valence-electron chi connectivity index (χ2n) is 6.11. The second kappa shape index (κ2) is 5.64. The summed E-state index contributed by atoms with van der Waals surface area (Å²) in [6.45, 7) is 6.85. The van der Waals surface area contributed by atoms with E-state index in [-0.39, 0.29) is 5.54 Å². The first-order valence-corrected chi connectivity index (χ1v) is 6.88. The molecule has 0 radical (unpaired) electrons. The van der Waals surface area contributed by atoms with E-state index in [9.17, 15) is 13.2 Å². The fraction of sp³-hybridized carbons (Fsp3) is 0.438. The highest BCUT2D eigenvalue weighted by atomic mass is 19.4. The highest BCUT2D eigenvalue weighted by molar-refractivity contribution is 5.82. The number of nitrogens with one attached hydrogen (secondary N) is 1. The monoisotopic (exact) mass is 296 g/mol. The number of nitrogens with zero attached hydrogens (tertiary/aromatic N) is 1. The average Bonchev–Trinajstić information content (AvgIpc) is 2.36. The first-order valence-electron chi connectivity index (χ1n) is 6.88. The van der Waals surface area contributed by atoms with Gasteiger partial charge < -0.3 is 5.32 Å². The third kappa shape index (κ3) is 4.17. The molecule has 1 aromatic heterocycles. The maximum atomic E-state index is 12.8. The molecule has 0 bridgehead atoms. The summed E-state index contributed by atoms with van der Waals surface area (Å²) in [5, 5.41) is 4.06. The molecule has 0 spiro atoms. The molecule has 2 aromatic rings.